The lowest BCUT2D eigenvalue weighted by Crippen LogP contribution is -2.45. The van der Waals surface area contributed by atoms with E-state index in [9.17, 15) is 5.26 Å². The SMILES string of the molecule is COCCOCCOCCOCCOCCCOc1nn([C@H]2CC[C@H](N3CCOCC3)CC2)cc1Nc1ncc(-c2ccc(C#N)c(O[C@@H](C)Cn3cncn3)c2)cn1. The van der Waals surface area contributed by atoms with Gasteiger partial charge in [0.25, 0.3) is 5.88 Å². The molecule has 18 nitrogen and oxygen atoms in total. The number of morpholine rings is 1. The standard InChI is InChI=1S/C41H58N10O8/c1-32(28-50-31-43-30-46-50)59-39-24-33(4-5-34(39)25-42)35-26-44-41(45-27-35)47-38-29-51(37-8-6-36(7-9-37)49-10-14-54-15-11-49)48-40(38)58-13-3-12-53-18-19-56-22-23-57-21-20-55-17-16-52-2/h4-5,24,26-27,29-32,36-37H,3,6-23,28H2,1-2H3,(H,44,45,47)/t32-,36-,37-/m0/s1. The molecule has 0 bridgehead atoms. The zero-order chi connectivity index (χ0) is 40.9. The van der Waals surface area contributed by atoms with Crippen LogP contribution < -0.4 is 14.8 Å². The molecule has 0 unspecified atom stereocenters. The lowest BCUT2D eigenvalue weighted by atomic mass is 9.90. The molecule has 0 radical (unpaired) electrons. The van der Waals surface area contributed by atoms with Gasteiger partial charge in [-0.25, -0.2) is 19.6 Å². The Morgan fingerprint density at radius 2 is 1.54 bits per heavy atom. The fourth-order valence-electron chi connectivity index (χ4n) is 7.02. The number of nitrogens with zero attached hydrogens (tertiary/aromatic N) is 9. The molecule has 1 aliphatic carbocycles. The number of ether oxygens (including phenoxy) is 8. The van der Waals surface area contributed by atoms with Crippen LogP contribution in [0.15, 0.2) is 49.4 Å². The van der Waals surface area contributed by atoms with Gasteiger partial charge < -0.3 is 43.2 Å². The Kier molecular flexibility index (Phi) is 18.1. The van der Waals surface area contributed by atoms with Gasteiger partial charge in [0.1, 0.15) is 36.3 Å². The van der Waals surface area contributed by atoms with Gasteiger partial charge in [-0.15, -0.1) is 5.10 Å². The van der Waals surface area contributed by atoms with Gasteiger partial charge in [0.2, 0.25) is 5.95 Å². The number of nitriles is 1. The molecule has 0 amide bonds. The molecule has 3 aromatic heterocycles. The van der Waals surface area contributed by atoms with Crippen LogP contribution >= 0.6 is 0 Å². The Morgan fingerprint density at radius 1 is 0.864 bits per heavy atom. The zero-order valence-electron chi connectivity index (χ0n) is 34.3. The maximum atomic E-state index is 9.74. The largest absolute Gasteiger partial charge is 0.487 e. The van der Waals surface area contributed by atoms with Crippen molar-refractivity contribution in [2.75, 3.05) is 105 Å². The predicted molar refractivity (Wildman–Crippen MR) is 217 cm³/mol. The van der Waals surface area contributed by atoms with Crippen molar-refractivity contribution >= 4 is 11.6 Å². The third-order valence-corrected chi connectivity index (χ3v) is 10.1. The van der Waals surface area contributed by atoms with Crippen LogP contribution in [0.1, 0.15) is 50.6 Å². The predicted octanol–water partition coefficient (Wildman–Crippen LogP) is 4.31. The van der Waals surface area contributed by atoms with Crippen molar-refractivity contribution in [3.8, 4) is 28.8 Å². The number of hydrogen-bond acceptors (Lipinski definition) is 16. The van der Waals surface area contributed by atoms with Gasteiger partial charge in [-0.2, -0.15) is 10.4 Å². The highest BCUT2D eigenvalue weighted by Gasteiger charge is 2.29. The van der Waals surface area contributed by atoms with E-state index in [1.165, 1.54) is 6.33 Å². The summed E-state index contributed by atoms with van der Waals surface area (Å²) in [7, 11) is 1.65. The summed E-state index contributed by atoms with van der Waals surface area (Å²) in [6, 6.07) is 8.51. The molecule has 320 valence electrons. The summed E-state index contributed by atoms with van der Waals surface area (Å²) in [5.41, 5.74) is 2.73. The van der Waals surface area contributed by atoms with E-state index in [0.29, 0.717) is 114 Å². The molecule has 2 aliphatic rings. The number of nitrogens with one attached hydrogen (secondary N) is 1. The molecule has 1 atom stereocenters. The quantitative estimate of drug-likeness (QED) is 0.0883. The summed E-state index contributed by atoms with van der Waals surface area (Å²) in [5.74, 6) is 1.38. The highest BCUT2D eigenvalue weighted by Crippen LogP contribution is 2.35. The maximum absolute atomic E-state index is 9.74. The van der Waals surface area contributed by atoms with Crippen molar-refractivity contribution in [3.63, 3.8) is 0 Å². The van der Waals surface area contributed by atoms with Gasteiger partial charge >= 0.3 is 0 Å². The molecule has 4 aromatic rings. The third-order valence-electron chi connectivity index (χ3n) is 10.1. The van der Waals surface area contributed by atoms with Crippen molar-refractivity contribution in [1.29, 1.82) is 5.26 Å². The molecule has 1 N–H and O–H groups in total. The van der Waals surface area contributed by atoms with Crippen molar-refractivity contribution in [3.05, 3.63) is 55.0 Å². The lowest BCUT2D eigenvalue weighted by molar-refractivity contribution is -0.00844. The second-order valence-electron chi connectivity index (χ2n) is 14.4. The number of hydrogen-bond donors (Lipinski definition) is 1. The summed E-state index contributed by atoms with van der Waals surface area (Å²) < 4.78 is 48.9. The maximum Gasteiger partial charge on any atom is 0.256 e. The van der Waals surface area contributed by atoms with Crippen LogP contribution in [0.3, 0.4) is 0 Å². The number of rotatable bonds is 26. The lowest BCUT2D eigenvalue weighted by Gasteiger charge is -2.38. The van der Waals surface area contributed by atoms with Crippen LogP contribution in [0.4, 0.5) is 11.6 Å². The van der Waals surface area contributed by atoms with Crippen LogP contribution in [0.2, 0.25) is 0 Å². The summed E-state index contributed by atoms with van der Waals surface area (Å²) in [4.78, 5) is 15.8. The van der Waals surface area contributed by atoms with Crippen LogP contribution in [0.5, 0.6) is 11.6 Å². The molecular formula is C41H58N10O8. The summed E-state index contributed by atoms with van der Waals surface area (Å²) in [6.45, 7) is 11.2. The molecule has 0 spiro atoms. The average molecular weight is 819 g/mol. The van der Waals surface area contributed by atoms with Crippen LogP contribution in [0.25, 0.3) is 11.1 Å². The van der Waals surface area contributed by atoms with Gasteiger partial charge in [0.15, 0.2) is 0 Å². The minimum atomic E-state index is -0.245. The minimum Gasteiger partial charge on any atom is -0.487 e. The number of methoxy groups -OCH3 is 1. The molecule has 18 heteroatoms. The first-order valence-corrected chi connectivity index (χ1v) is 20.6. The topological polar surface area (TPSA) is 187 Å². The Morgan fingerprint density at radius 3 is 2.20 bits per heavy atom. The van der Waals surface area contributed by atoms with E-state index in [1.54, 1.807) is 36.6 Å². The Balaban J connectivity index is 1.00. The summed E-state index contributed by atoms with van der Waals surface area (Å²) in [5, 5.41) is 22.1. The van der Waals surface area contributed by atoms with Crippen molar-refractivity contribution < 1.29 is 37.9 Å². The fourth-order valence-corrected chi connectivity index (χ4v) is 7.02. The molecule has 2 fully saturated rings. The third kappa shape index (κ3) is 14.2. The molecule has 1 saturated heterocycles. The second kappa shape index (κ2) is 24.4. The van der Waals surface area contributed by atoms with Gasteiger partial charge in [-0.3, -0.25) is 9.58 Å². The highest BCUT2D eigenvalue weighted by atomic mass is 16.6. The van der Waals surface area contributed by atoms with Crippen molar-refractivity contribution in [2.24, 2.45) is 0 Å². The van der Waals surface area contributed by atoms with Crippen molar-refractivity contribution in [1.82, 2.24) is 39.4 Å². The van der Waals surface area contributed by atoms with E-state index >= 15 is 0 Å². The molecular weight excluding hydrogens is 761 g/mol. The van der Waals surface area contributed by atoms with E-state index in [4.69, 9.17) is 43.0 Å². The van der Waals surface area contributed by atoms with E-state index in [0.717, 1.165) is 63.1 Å². The Hall–Kier alpha value is -4.74. The van der Waals surface area contributed by atoms with E-state index in [2.05, 4.69) is 36.3 Å². The van der Waals surface area contributed by atoms with Crippen molar-refractivity contribution in [2.45, 2.75) is 63.8 Å². The molecule has 59 heavy (non-hydrogen) atoms. The van der Waals surface area contributed by atoms with Crippen LogP contribution in [0, 0.1) is 11.3 Å². The molecule has 1 saturated carbocycles. The first-order chi connectivity index (χ1) is 29.1. The number of anilines is 2. The Labute approximate surface area is 346 Å². The van der Waals surface area contributed by atoms with Gasteiger partial charge in [-0.1, -0.05) is 6.07 Å². The van der Waals surface area contributed by atoms with E-state index in [-0.39, 0.29) is 12.1 Å². The highest BCUT2D eigenvalue weighted by molar-refractivity contribution is 5.67. The van der Waals surface area contributed by atoms with Gasteiger partial charge in [-0.05, 0) is 50.3 Å². The molecule has 1 aromatic carbocycles. The molecule has 4 heterocycles. The molecule has 6 rings (SSSR count). The van der Waals surface area contributed by atoms with Crippen LogP contribution in [-0.4, -0.2) is 151 Å². The minimum absolute atomic E-state index is 0.245. The zero-order valence-corrected chi connectivity index (χ0v) is 34.3. The smallest absolute Gasteiger partial charge is 0.256 e. The number of aromatic nitrogens is 7. The first kappa shape index (κ1) is 43.8. The van der Waals surface area contributed by atoms with Gasteiger partial charge in [0.05, 0.1) is 97.0 Å². The summed E-state index contributed by atoms with van der Waals surface area (Å²) >= 11 is 0. The second-order valence-corrected chi connectivity index (χ2v) is 14.4. The van der Waals surface area contributed by atoms with E-state index < -0.39 is 0 Å². The first-order valence-electron chi connectivity index (χ1n) is 20.6. The summed E-state index contributed by atoms with van der Waals surface area (Å²) in [6.07, 6.45) is 13.3. The monoisotopic (exact) mass is 818 g/mol. The molecule has 1 aliphatic heterocycles. The van der Waals surface area contributed by atoms with Crippen LogP contribution in [-0.2, 0) is 35.0 Å². The average Bonchev–Trinajstić information content (AvgIpc) is 3.94. The normalized spacial score (nSPS) is 17.7. The Bertz CT molecular complexity index is 1810. The number of benzene rings is 1. The fraction of sp³-hybridized carbons (Fsp3) is 0.610. The van der Waals surface area contributed by atoms with E-state index in [1.807, 2.05) is 29.9 Å². The van der Waals surface area contributed by atoms with Gasteiger partial charge in [0, 0.05) is 57.2 Å².